The summed E-state index contributed by atoms with van der Waals surface area (Å²) in [6, 6.07) is 19.4. The Kier molecular flexibility index (Phi) is 7.71. The third-order valence-electron chi connectivity index (χ3n) is 6.44. The van der Waals surface area contributed by atoms with E-state index in [-0.39, 0.29) is 16.3 Å². The molecule has 13 heteroatoms. The van der Waals surface area contributed by atoms with Crippen LogP contribution >= 0.6 is 11.6 Å². The summed E-state index contributed by atoms with van der Waals surface area (Å²) in [7, 11) is -4.09. The largest absolute Gasteiger partial charge is 0.356 e. The molecule has 2 N–H and O–H groups in total. The number of nitro benzene ring substituents is 1. The van der Waals surface area contributed by atoms with Gasteiger partial charge in [-0.2, -0.15) is 10.2 Å². The summed E-state index contributed by atoms with van der Waals surface area (Å²) < 4.78 is 30.0. The minimum atomic E-state index is -4.09. The van der Waals surface area contributed by atoms with Gasteiger partial charge in [-0.1, -0.05) is 29.8 Å². The summed E-state index contributed by atoms with van der Waals surface area (Å²) in [6.07, 6.45) is 3.73. The Hall–Kier alpha value is -4.42. The van der Waals surface area contributed by atoms with E-state index >= 15 is 0 Å². The van der Waals surface area contributed by atoms with E-state index in [1.54, 1.807) is 6.21 Å². The molecule has 0 unspecified atom stereocenters. The molecule has 0 saturated carbocycles. The quantitative estimate of drug-likeness (QED) is 0.150. The van der Waals surface area contributed by atoms with Gasteiger partial charge in [-0.25, -0.2) is 13.1 Å². The molecule has 0 spiro atoms. The Bertz CT molecular complexity index is 1670. The van der Waals surface area contributed by atoms with Gasteiger partial charge in [-0.15, -0.1) is 0 Å². The van der Waals surface area contributed by atoms with Crippen LogP contribution in [0, 0.1) is 17.0 Å². The predicted octanol–water partition coefficient (Wildman–Crippen LogP) is 5.59. The Morgan fingerprint density at radius 1 is 1.05 bits per heavy atom. The summed E-state index contributed by atoms with van der Waals surface area (Å²) in [4.78, 5) is 13.2. The Labute approximate surface area is 236 Å². The second-order valence-electron chi connectivity index (χ2n) is 9.18. The maximum atomic E-state index is 12.9. The lowest BCUT2D eigenvalue weighted by molar-refractivity contribution is -0.384. The number of anilines is 3. The average molecular weight is 580 g/mol. The molecule has 0 amide bonds. The smallest absolute Gasteiger partial charge is 0.295 e. The van der Waals surface area contributed by atoms with Gasteiger partial charge in [0.25, 0.3) is 15.7 Å². The zero-order valence-corrected chi connectivity index (χ0v) is 23.1. The van der Waals surface area contributed by atoms with Crippen molar-refractivity contribution in [3.8, 4) is 5.69 Å². The van der Waals surface area contributed by atoms with Crippen LogP contribution in [0.2, 0.25) is 5.02 Å². The fourth-order valence-electron chi connectivity index (χ4n) is 4.48. The predicted molar refractivity (Wildman–Crippen MR) is 156 cm³/mol. The first-order valence-electron chi connectivity index (χ1n) is 12.5. The van der Waals surface area contributed by atoms with Crippen molar-refractivity contribution in [3.63, 3.8) is 0 Å². The highest BCUT2D eigenvalue weighted by Gasteiger charge is 2.24. The molecule has 1 fully saturated rings. The van der Waals surface area contributed by atoms with Gasteiger partial charge in [0.2, 0.25) is 0 Å². The van der Waals surface area contributed by atoms with E-state index in [0.29, 0.717) is 5.02 Å². The number of nitro groups is 1. The number of benzene rings is 3. The first-order chi connectivity index (χ1) is 19.2. The van der Waals surface area contributed by atoms with Crippen molar-refractivity contribution in [2.75, 3.05) is 28.1 Å². The van der Waals surface area contributed by atoms with Gasteiger partial charge < -0.3 is 4.90 Å². The maximum Gasteiger partial charge on any atom is 0.295 e. The van der Waals surface area contributed by atoms with E-state index in [9.17, 15) is 18.5 Å². The molecular weight excluding hydrogens is 554 g/mol. The number of sulfonamides is 1. The van der Waals surface area contributed by atoms with Crippen LogP contribution in [0.1, 0.15) is 24.1 Å². The van der Waals surface area contributed by atoms with Crippen molar-refractivity contribution in [1.29, 1.82) is 0 Å². The van der Waals surface area contributed by atoms with Crippen LogP contribution < -0.4 is 15.0 Å². The number of para-hydroxylation sites is 1. The van der Waals surface area contributed by atoms with Gasteiger partial charge >= 0.3 is 0 Å². The van der Waals surface area contributed by atoms with Crippen molar-refractivity contribution in [2.24, 2.45) is 5.10 Å². The Morgan fingerprint density at radius 3 is 2.42 bits per heavy atom. The van der Waals surface area contributed by atoms with Crippen LogP contribution in [0.25, 0.3) is 5.69 Å². The monoisotopic (exact) mass is 579 g/mol. The number of aromatic nitrogens is 2. The lowest BCUT2D eigenvalue weighted by Gasteiger charge is -2.20. The SMILES string of the molecule is Cc1nn(-c2ccccc2)c(N2CCCC2)c1C=NNc1ccc(S(=O)(=O)Nc2ccc(Cl)cc2)cc1[N+](=O)[O-]. The Morgan fingerprint density at radius 2 is 1.75 bits per heavy atom. The summed E-state index contributed by atoms with van der Waals surface area (Å²) in [5, 5.41) is 21.3. The highest BCUT2D eigenvalue weighted by atomic mass is 35.5. The molecule has 11 nitrogen and oxygen atoms in total. The first kappa shape index (κ1) is 27.2. The molecule has 0 atom stereocenters. The van der Waals surface area contributed by atoms with Gasteiger partial charge in [-0.3, -0.25) is 20.3 Å². The van der Waals surface area contributed by atoms with Gasteiger partial charge in [-0.05, 0) is 68.3 Å². The van der Waals surface area contributed by atoms with Crippen LogP contribution in [0.3, 0.4) is 0 Å². The molecule has 1 aromatic heterocycles. The molecular formula is C27H26ClN7O4S. The number of halogens is 1. The van der Waals surface area contributed by atoms with Gasteiger partial charge in [0.15, 0.2) is 0 Å². The van der Waals surface area contributed by atoms with E-state index < -0.39 is 20.6 Å². The first-order valence-corrected chi connectivity index (χ1v) is 14.3. The van der Waals surface area contributed by atoms with E-state index in [1.165, 1.54) is 36.4 Å². The fraction of sp³-hybridized carbons (Fsp3) is 0.185. The van der Waals surface area contributed by atoms with Crippen LogP contribution in [0.5, 0.6) is 0 Å². The number of nitrogens with one attached hydrogen (secondary N) is 2. The van der Waals surface area contributed by atoms with E-state index in [1.807, 2.05) is 41.9 Å². The number of hydrazone groups is 1. The summed E-state index contributed by atoms with van der Waals surface area (Å²) in [6.45, 7) is 3.66. The van der Waals surface area contributed by atoms with E-state index in [0.717, 1.165) is 54.8 Å². The van der Waals surface area contributed by atoms with Crippen molar-refractivity contribution in [3.05, 3.63) is 99.2 Å². The number of rotatable bonds is 9. The minimum absolute atomic E-state index is 0.0440. The maximum absolute atomic E-state index is 12.9. The van der Waals surface area contributed by atoms with Crippen molar-refractivity contribution < 1.29 is 13.3 Å². The molecule has 206 valence electrons. The number of hydrogen-bond donors (Lipinski definition) is 2. The molecule has 3 aromatic carbocycles. The molecule has 4 aromatic rings. The third kappa shape index (κ3) is 5.77. The molecule has 1 aliphatic heterocycles. The number of hydrogen-bond acceptors (Lipinski definition) is 8. The topological polar surface area (TPSA) is 135 Å². The fourth-order valence-corrected chi connectivity index (χ4v) is 5.69. The van der Waals surface area contributed by atoms with Crippen molar-refractivity contribution in [1.82, 2.24) is 9.78 Å². The highest BCUT2D eigenvalue weighted by molar-refractivity contribution is 7.92. The summed E-state index contributed by atoms with van der Waals surface area (Å²) in [5.74, 6) is 0.899. The molecule has 1 aliphatic rings. The van der Waals surface area contributed by atoms with Gasteiger partial charge in [0, 0.05) is 29.9 Å². The third-order valence-corrected chi connectivity index (χ3v) is 8.07. The zero-order chi connectivity index (χ0) is 28.3. The second-order valence-corrected chi connectivity index (χ2v) is 11.3. The van der Waals surface area contributed by atoms with Gasteiger partial charge in [0.05, 0.1) is 33.0 Å². The molecule has 0 radical (unpaired) electrons. The van der Waals surface area contributed by atoms with E-state index in [4.69, 9.17) is 16.7 Å². The van der Waals surface area contributed by atoms with Crippen molar-refractivity contribution in [2.45, 2.75) is 24.7 Å². The molecule has 0 bridgehead atoms. The number of nitrogens with zero attached hydrogens (tertiary/aromatic N) is 5. The molecule has 1 saturated heterocycles. The lowest BCUT2D eigenvalue weighted by atomic mass is 10.2. The molecule has 40 heavy (non-hydrogen) atoms. The normalized spacial score (nSPS) is 13.6. The van der Waals surface area contributed by atoms with Gasteiger partial charge in [0.1, 0.15) is 11.5 Å². The average Bonchev–Trinajstić information content (AvgIpc) is 3.58. The van der Waals surface area contributed by atoms with Crippen molar-refractivity contribution >= 4 is 50.7 Å². The second kappa shape index (κ2) is 11.4. The van der Waals surface area contributed by atoms with Crippen LogP contribution in [-0.4, -0.2) is 42.4 Å². The highest BCUT2D eigenvalue weighted by Crippen LogP contribution is 2.31. The Balaban J connectivity index is 1.42. The van der Waals surface area contributed by atoms with Crippen LogP contribution in [-0.2, 0) is 10.0 Å². The van der Waals surface area contributed by atoms with E-state index in [2.05, 4.69) is 20.1 Å². The summed E-state index contributed by atoms with van der Waals surface area (Å²) >= 11 is 5.86. The molecule has 0 aliphatic carbocycles. The zero-order valence-electron chi connectivity index (χ0n) is 21.5. The minimum Gasteiger partial charge on any atom is -0.356 e. The molecule has 2 heterocycles. The standard InChI is InChI=1S/C27H26ClN7O4S/c1-19-24(27(33-15-5-6-16-33)34(31-19)22-7-3-2-4-8-22)18-29-30-25-14-13-23(17-26(25)35(36)37)40(38,39)32-21-11-9-20(28)10-12-21/h2-4,7-14,17-18,30,32H,5-6,15-16H2,1H3. The lowest BCUT2D eigenvalue weighted by Crippen LogP contribution is -2.22. The van der Waals surface area contributed by atoms with Crippen LogP contribution in [0.4, 0.5) is 22.9 Å². The summed E-state index contributed by atoms with van der Waals surface area (Å²) in [5.41, 5.74) is 5.05. The molecule has 5 rings (SSSR count). The number of aryl methyl sites for hydroxylation is 1. The van der Waals surface area contributed by atoms with Crippen LogP contribution in [0.15, 0.2) is 82.8 Å².